The molecule has 1 rings (SSSR count). The van der Waals surface area contributed by atoms with Crippen molar-refractivity contribution in [3.63, 3.8) is 0 Å². The molecule has 0 spiro atoms. The fourth-order valence-electron chi connectivity index (χ4n) is 1.08. The Hall–Kier alpha value is -0.160. The van der Waals surface area contributed by atoms with Gasteiger partial charge in [-0.3, -0.25) is 0 Å². The number of aliphatic hydroxyl groups is 1. The lowest BCUT2D eigenvalue weighted by Gasteiger charge is -2.15. The van der Waals surface area contributed by atoms with E-state index in [2.05, 4.69) is 0 Å². The first-order chi connectivity index (χ1) is 7.23. The van der Waals surface area contributed by atoms with Gasteiger partial charge in [0.2, 0.25) is 0 Å². The second-order valence-electron chi connectivity index (χ2n) is 3.01. The summed E-state index contributed by atoms with van der Waals surface area (Å²) < 4.78 is 36.9. The van der Waals surface area contributed by atoms with Crippen LogP contribution >= 0.6 is 34.8 Å². The molecule has 0 aliphatic carbocycles. The fourth-order valence-corrected chi connectivity index (χ4v) is 1.64. The van der Waals surface area contributed by atoms with E-state index >= 15 is 0 Å². The van der Waals surface area contributed by atoms with Crippen molar-refractivity contribution < 1.29 is 18.3 Å². The van der Waals surface area contributed by atoms with Gasteiger partial charge >= 0.3 is 6.18 Å². The highest BCUT2D eigenvalue weighted by molar-refractivity contribution is 6.44. The van der Waals surface area contributed by atoms with Crippen LogP contribution in [0, 0.1) is 0 Å². The maximum absolute atomic E-state index is 12.3. The molecule has 16 heavy (non-hydrogen) atoms. The van der Waals surface area contributed by atoms with Crippen LogP contribution in [0.4, 0.5) is 13.2 Å². The number of rotatable bonds is 2. The van der Waals surface area contributed by atoms with Crippen molar-refractivity contribution in [2.45, 2.75) is 17.1 Å². The molecule has 0 amide bonds. The lowest BCUT2D eigenvalue weighted by Crippen LogP contribution is -2.09. The van der Waals surface area contributed by atoms with Gasteiger partial charge in [-0.15, -0.1) is 23.2 Å². The first kappa shape index (κ1) is 13.9. The minimum Gasteiger partial charge on any atom is -0.386 e. The van der Waals surface area contributed by atoms with Gasteiger partial charge in [-0.1, -0.05) is 17.7 Å². The van der Waals surface area contributed by atoms with Crippen LogP contribution in [0.3, 0.4) is 0 Å². The molecular weight excluding hydrogens is 287 g/mol. The molecule has 0 fully saturated rings. The highest BCUT2D eigenvalue weighted by atomic mass is 35.5. The summed E-state index contributed by atoms with van der Waals surface area (Å²) in [5, 5.41) is 9.21. The number of alkyl halides is 5. The van der Waals surface area contributed by atoms with Crippen molar-refractivity contribution in [3.8, 4) is 0 Å². The molecule has 1 N–H and O–H groups in total. The van der Waals surface area contributed by atoms with Gasteiger partial charge < -0.3 is 5.11 Å². The summed E-state index contributed by atoms with van der Waals surface area (Å²) in [4.78, 5) is -1.16. The first-order valence-corrected chi connectivity index (χ1v) is 5.31. The number of hydrogen-bond acceptors (Lipinski definition) is 1. The Morgan fingerprint density at radius 2 is 1.75 bits per heavy atom. The van der Waals surface area contributed by atoms with Crippen molar-refractivity contribution >= 4 is 34.8 Å². The molecule has 0 aromatic heterocycles. The van der Waals surface area contributed by atoms with E-state index in [1.54, 1.807) is 0 Å². The molecule has 0 saturated carbocycles. The van der Waals surface area contributed by atoms with E-state index in [4.69, 9.17) is 34.8 Å². The largest absolute Gasteiger partial charge is 0.416 e. The highest BCUT2D eigenvalue weighted by Gasteiger charge is 2.31. The van der Waals surface area contributed by atoms with E-state index < -0.39 is 22.7 Å². The van der Waals surface area contributed by atoms with E-state index in [-0.39, 0.29) is 10.6 Å². The number of hydrogen-bond donors (Lipinski definition) is 1. The Morgan fingerprint density at radius 3 is 2.12 bits per heavy atom. The van der Waals surface area contributed by atoms with Gasteiger partial charge in [0.1, 0.15) is 10.9 Å². The number of halogens is 6. The third-order valence-corrected chi connectivity index (χ3v) is 2.69. The van der Waals surface area contributed by atoms with Gasteiger partial charge in [0.25, 0.3) is 0 Å². The van der Waals surface area contributed by atoms with Crippen LogP contribution < -0.4 is 0 Å². The van der Waals surface area contributed by atoms with E-state index in [9.17, 15) is 18.3 Å². The van der Waals surface area contributed by atoms with Crippen molar-refractivity contribution in [3.05, 3.63) is 34.3 Å². The Kier molecular flexibility index (Phi) is 4.35. The summed E-state index contributed by atoms with van der Waals surface area (Å²) in [6, 6.07) is 2.57. The van der Waals surface area contributed by atoms with E-state index in [0.29, 0.717) is 0 Å². The molecule has 0 bridgehead atoms. The fraction of sp³-hybridized carbons (Fsp3) is 0.333. The van der Waals surface area contributed by atoms with Crippen molar-refractivity contribution in [2.75, 3.05) is 0 Å². The maximum atomic E-state index is 12.3. The molecule has 1 unspecified atom stereocenters. The summed E-state index contributed by atoms with van der Waals surface area (Å²) >= 11 is 16.4. The van der Waals surface area contributed by atoms with E-state index in [1.165, 1.54) is 0 Å². The summed E-state index contributed by atoms with van der Waals surface area (Å²) in [7, 11) is 0. The lowest BCUT2D eigenvalue weighted by molar-refractivity contribution is -0.137. The molecule has 90 valence electrons. The third kappa shape index (κ3) is 3.17. The summed E-state index contributed by atoms with van der Waals surface area (Å²) in [5.74, 6) is 0. The zero-order chi connectivity index (χ0) is 12.5. The molecule has 0 aliphatic rings. The SMILES string of the molecule is OC(c1ccc(C(F)(F)F)cc1Cl)C(Cl)Cl. The van der Waals surface area contributed by atoms with Gasteiger partial charge in [0, 0.05) is 10.6 Å². The molecule has 1 nitrogen and oxygen atoms in total. The number of aliphatic hydroxyl groups excluding tert-OH is 1. The normalized spacial score (nSPS) is 14.2. The molecule has 0 heterocycles. The van der Waals surface area contributed by atoms with Crippen LogP contribution in [0.25, 0.3) is 0 Å². The average molecular weight is 293 g/mol. The van der Waals surface area contributed by atoms with Crippen LogP contribution in [0.1, 0.15) is 17.2 Å². The van der Waals surface area contributed by atoms with Crippen LogP contribution in [-0.4, -0.2) is 9.94 Å². The van der Waals surface area contributed by atoms with Crippen molar-refractivity contribution in [2.24, 2.45) is 0 Å². The zero-order valence-corrected chi connectivity index (χ0v) is 9.87. The third-order valence-electron chi connectivity index (χ3n) is 1.89. The van der Waals surface area contributed by atoms with Crippen molar-refractivity contribution in [1.82, 2.24) is 0 Å². The van der Waals surface area contributed by atoms with Crippen molar-refractivity contribution in [1.29, 1.82) is 0 Å². The minimum absolute atomic E-state index is 0.0599. The lowest BCUT2D eigenvalue weighted by atomic mass is 10.1. The monoisotopic (exact) mass is 292 g/mol. The second-order valence-corrected chi connectivity index (χ2v) is 4.58. The minimum atomic E-state index is -4.48. The predicted octanol–water partition coefficient (Wildman–Crippen LogP) is 4.20. The Labute approximate surface area is 105 Å². The predicted molar refractivity (Wildman–Crippen MR) is 56.9 cm³/mol. The van der Waals surface area contributed by atoms with Crippen LogP contribution in [0.2, 0.25) is 5.02 Å². The quantitative estimate of drug-likeness (QED) is 0.810. The van der Waals surface area contributed by atoms with E-state index in [1.807, 2.05) is 0 Å². The van der Waals surface area contributed by atoms with Crippen LogP contribution in [0.15, 0.2) is 18.2 Å². The molecule has 1 atom stereocenters. The zero-order valence-electron chi connectivity index (χ0n) is 7.60. The standard InChI is InChI=1S/C9H6Cl3F3O/c10-6-3-4(9(13,14)15)1-2-5(6)7(16)8(11)12/h1-3,7-8,16H. The maximum Gasteiger partial charge on any atom is 0.416 e. The van der Waals surface area contributed by atoms with Gasteiger partial charge in [-0.25, -0.2) is 0 Å². The summed E-state index contributed by atoms with van der Waals surface area (Å²) in [6.45, 7) is 0. The first-order valence-electron chi connectivity index (χ1n) is 4.06. The smallest absolute Gasteiger partial charge is 0.386 e. The highest BCUT2D eigenvalue weighted by Crippen LogP contribution is 2.35. The van der Waals surface area contributed by atoms with E-state index in [0.717, 1.165) is 18.2 Å². The second kappa shape index (κ2) is 5.00. The summed E-state index contributed by atoms with van der Waals surface area (Å²) in [5.41, 5.74) is -0.834. The molecule has 0 radical (unpaired) electrons. The molecular formula is C9H6Cl3F3O. The van der Waals surface area contributed by atoms with Gasteiger partial charge in [0.15, 0.2) is 0 Å². The summed E-state index contributed by atoms with van der Waals surface area (Å²) in [6.07, 6.45) is -5.80. The average Bonchev–Trinajstić information content (AvgIpc) is 2.15. The topological polar surface area (TPSA) is 20.2 Å². The molecule has 1 aromatic rings. The molecule has 0 aliphatic heterocycles. The molecule has 7 heteroatoms. The Morgan fingerprint density at radius 1 is 1.19 bits per heavy atom. The van der Waals surface area contributed by atoms with Gasteiger partial charge in [0.05, 0.1) is 5.56 Å². The molecule has 1 aromatic carbocycles. The Bertz CT molecular complexity index is 379. The Balaban J connectivity index is 3.10. The van der Waals surface area contributed by atoms with Gasteiger partial charge in [-0.2, -0.15) is 13.2 Å². The van der Waals surface area contributed by atoms with Crippen LogP contribution in [0.5, 0.6) is 0 Å². The van der Waals surface area contributed by atoms with Crippen LogP contribution in [-0.2, 0) is 6.18 Å². The van der Waals surface area contributed by atoms with Gasteiger partial charge in [-0.05, 0) is 12.1 Å². The molecule has 0 saturated heterocycles. The number of benzene rings is 1.